The van der Waals surface area contributed by atoms with Crippen LogP contribution in [0, 0.1) is 0 Å². The van der Waals surface area contributed by atoms with Crippen molar-refractivity contribution in [3.8, 4) is 11.4 Å². The van der Waals surface area contributed by atoms with Gasteiger partial charge in [-0.1, -0.05) is 0 Å². The average Bonchev–Trinajstić information content (AvgIpc) is 3.65. The summed E-state index contributed by atoms with van der Waals surface area (Å²) >= 11 is 0. The average molecular weight is 467 g/mol. The van der Waals surface area contributed by atoms with Crippen LogP contribution in [0.1, 0.15) is 26.2 Å². The third-order valence-corrected chi connectivity index (χ3v) is 6.48. The van der Waals surface area contributed by atoms with E-state index >= 15 is 0 Å². The molecule has 2 aliphatic heterocycles. The number of hydrogen-bond donors (Lipinski definition) is 2. The summed E-state index contributed by atoms with van der Waals surface area (Å²) < 4.78 is 10.9. The van der Waals surface area contributed by atoms with Crippen LogP contribution in [0.25, 0.3) is 11.4 Å². The lowest BCUT2D eigenvalue weighted by atomic mass is 9.93. The van der Waals surface area contributed by atoms with Crippen LogP contribution < -0.4 is 20.4 Å². The first-order chi connectivity index (χ1) is 16.5. The highest BCUT2D eigenvalue weighted by molar-refractivity contribution is 6.07. The van der Waals surface area contributed by atoms with Crippen molar-refractivity contribution in [1.82, 2.24) is 15.3 Å². The van der Waals surface area contributed by atoms with Crippen LogP contribution in [0.5, 0.6) is 0 Å². The van der Waals surface area contributed by atoms with Crippen molar-refractivity contribution in [2.45, 2.75) is 37.8 Å². The molecule has 0 bridgehead atoms. The summed E-state index contributed by atoms with van der Waals surface area (Å²) in [6, 6.07) is 7.56. The van der Waals surface area contributed by atoms with Gasteiger partial charge >= 0.3 is 6.03 Å². The van der Waals surface area contributed by atoms with Crippen molar-refractivity contribution in [1.29, 1.82) is 0 Å². The van der Waals surface area contributed by atoms with Crippen LogP contribution in [0.3, 0.4) is 0 Å². The number of methoxy groups -OCH3 is 1. The highest BCUT2D eigenvalue weighted by Gasteiger charge is 2.50. The third-order valence-electron chi connectivity index (χ3n) is 6.48. The number of fused-ring (bicyclic) bond motifs is 3. The maximum atomic E-state index is 13.5. The Morgan fingerprint density at radius 2 is 2.09 bits per heavy atom. The van der Waals surface area contributed by atoms with Gasteiger partial charge in [0.25, 0.3) is 5.91 Å². The van der Waals surface area contributed by atoms with Crippen LogP contribution >= 0.6 is 0 Å². The number of aromatic nitrogens is 2. The molecule has 1 atom stereocenters. The van der Waals surface area contributed by atoms with Gasteiger partial charge in [-0.25, -0.2) is 14.8 Å². The molecule has 1 aromatic carbocycles. The largest absolute Gasteiger partial charge is 0.385 e. The molecule has 1 saturated carbocycles. The maximum absolute atomic E-state index is 13.5. The molecule has 1 aromatic heterocycles. The number of ether oxygens (including phenoxy) is 2. The van der Waals surface area contributed by atoms with Gasteiger partial charge in [0.05, 0.1) is 19.4 Å². The van der Waals surface area contributed by atoms with Crippen LogP contribution in [-0.2, 0) is 14.3 Å². The van der Waals surface area contributed by atoms with E-state index in [4.69, 9.17) is 14.5 Å². The minimum Gasteiger partial charge on any atom is -0.385 e. The van der Waals surface area contributed by atoms with Gasteiger partial charge in [0.1, 0.15) is 11.2 Å². The topological polar surface area (TPSA) is 109 Å². The van der Waals surface area contributed by atoms with Gasteiger partial charge in [-0.15, -0.1) is 0 Å². The number of nitrogens with one attached hydrogen (secondary N) is 2. The number of carbonyl (C=O) groups excluding carboxylic acids is 2. The summed E-state index contributed by atoms with van der Waals surface area (Å²) in [4.78, 5) is 38.7. The predicted molar refractivity (Wildman–Crippen MR) is 128 cm³/mol. The van der Waals surface area contributed by atoms with Crippen molar-refractivity contribution in [2.24, 2.45) is 0 Å². The Hall–Kier alpha value is -3.24. The fourth-order valence-electron chi connectivity index (χ4n) is 4.43. The van der Waals surface area contributed by atoms with Crippen molar-refractivity contribution in [3.05, 3.63) is 30.5 Å². The Morgan fingerprint density at radius 3 is 2.82 bits per heavy atom. The van der Waals surface area contributed by atoms with Gasteiger partial charge in [0, 0.05) is 44.1 Å². The summed E-state index contributed by atoms with van der Waals surface area (Å²) in [6.45, 7) is 4.43. The first-order valence-corrected chi connectivity index (χ1v) is 11.7. The predicted octanol–water partition coefficient (Wildman–Crippen LogP) is 2.41. The molecule has 0 spiro atoms. The van der Waals surface area contributed by atoms with E-state index in [1.54, 1.807) is 18.2 Å². The van der Waals surface area contributed by atoms with Crippen molar-refractivity contribution in [2.75, 3.05) is 55.1 Å². The fourth-order valence-corrected chi connectivity index (χ4v) is 4.43. The van der Waals surface area contributed by atoms with Gasteiger partial charge in [0.15, 0.2) is 11.6 Å². The molecule has 3 amide bonds. The Balaban J connectivity index is 1.42. The highest BCUT2D eigenvalue weighted by atomic mass is 16.5. The Morgan fingerprint density at radius 1 is 1.29 bits per heavy atom. The number of benzene rings is 1. The molecular weight excluding hydrogens is 436 g/mol. The van der Waals surface area contributed by atoms with Gasteiger partial charge in [-0.3, -0.25) is 4.79 Å². The SMILES string of the molecule is COCCCN1C(=O)[C@@]2(C)COCCN2c2nc(-c3ccc(NC(=O)NC4CC4)cc3)ncc21. The van der Waals surface area contributed by atoms with Gasteiger partial charge in [-0.05, 0) is 50.5 Å². The van der Waals surface area contributed by atoms with E-state index in [1.807, 2.05) is 36.1 Å². The minimum absolute atomic E-state index is 0.00736. The van der Waals surface area contributed by atoms with Gasteiger partial charge < -0.3 is 29.9 Å². The molecule has 1 saturated heterocycles. The zero-order chi connectivity index (χ0) is 23.7. The summed E-state index contributed by atoms with van der Waals surface area (Å²) in [5.41, 5.74) is 1.43. The Kier molecular flexibility index (Phi) is 6.09. The molecule has 2 fully saturated rings. The minimum atomic E-state index is -0.813. The smallest absolute Gasteiger partial charge is 0.319 e. The molecule has 1 aliphatic carbocycles. The highest BCUT2D eigenvalue weighted by Crippen LogP contribution is 2.41. The summed E-state index contributed by atoms with van der Waals surface area (Å²) in [7, 11) is 1.65. The van der Waals surface area contributed by atoms with E-state index in [9.17, 15) is 9.59 Å². The fraction of sp³-hybridized carbons (Fsp3) is 0.500. The molecule has 3 aliphatic rings. The first kappa shape index (κ1) is 22.5. The molecular formula is C24H30N6O4. The molecule has 10 heteroatoms. The quantitative estimate of drug-likeness (QED) is 0.603. The number of amides is 3. The molecule has 34 heavy (non-hydrogen) atoms. The van der Waals surface area contributed by atoms with Crippen molar-refractivity contribution < 1.29 is 19.1 Å². The number of rotatable bonds is 7. The van der Waals surface area contributed by atoms with Crippen molar-refractivity contribution >= 4 is 29.1 Å². The van der Waals surface area contributed by atoms with Crippen molar-refractivity contribution in [3.63, 3.8) is 0 Å². The standard InChI is InChI=1S/C24H30N6O4/c1-24-15-34-13-11-30(24)21-19(29(22(24)31)10-3-12-33-2)14-25-20(28-21)16-4-6-17(7-5-16)26-23(32)27-18-8-9-18/h4-7,14,18H,3,8-13,15H2,1-2H3,(H2,26,27,32)/t24-/m1/s1. The molecule has 180 valence electrons. The van der Waals surface area contributed by atoms with Gasteiger partial charge in [-0.2, -0.15) is 0 Å². The molecule has 2 aromatic rings. The molecule has 0 unspecified atom stereocenters. The third kappa shape index (κ3) is 4.30. The van der Waals surface area contributed by atoms with Crippen LogP contribution in [-0.4, -0.2) is 73.5 Å². The summed E-state index contributed by atoms with van der Waals surface area (Å²) in [6.07, 6.45) is 4.52. The number of nitrogens with zero attached hydrogens (tertiary/aromatic N) is 4. The second-order valence-corrected chi connectivity index (χ2v) is 9.13. The lowest BCUT2D eigenvalue weighted by molar-refractivity contribution is -0.127. The zero-order valence-electron chi connectivity index (χ0n) is 19.5. The van der Waals surface area contributed by atoms with Crippen LogP contribution in [0.15, 0.2) is 30.5 Å². The molecule has 5 rings (SSSR count). The monoisotopic (exact) mass is 466 g/mol. The number of hydrogen-bond acceptors (Lipinski definition) is 7. The second kappa shape index (κ2) is 9.19. The zero-order valence-corrected chi connectivity index (χ0v) is 19.5. The van der Waals surface area contributed by atoms with Crippen LogP contribution in [0.4, 0.5) is 22.0 Å². The van der Waals surface area contributed by atoms with E-state index in [0.29, 0.717) is 62.6 Å². The van der Waals surface area contributed by atoms with E-state index in [-0.39, 0.29) is 11.9 Å². The molecule has 3 heterocycles. The molecule has 10 nitrogen and oxygen atoms in total. The Labute approximate surface area is 198 Å². The molecule has 2 N–H and O–H groups in total. The normalized spacial score (nSPS) is 21.6. The number of morpholine rings is 1. The van der Waals surface area contributed by atoms with Crippen LogP contribution in [0.2, 0.25) is 0 Å². The lowest BCUT2D eigenvalue weighted by Crippen LogP contribution is -2.67. The maximum Gasteiger partial charge on any atom is 0.319 e. The van der Waals surface area contributed by atoms with E-state index < -0.39 is 5.54 Å². The number of urea groups is 1. The second-order valence-electron chi connectivity index (χ2n) is 9.13. The first-order valence-electron chi connectivity index (χ1n) is 11.7. The van der Waals surface area contributed by atoms with E-state index in [1.165, 1.54) is 0 Å². The molecule has 0 radical (unpaired) electrons. The number of carbonyl (C=O) groups is 2. The van der Waals surface area contributed by atoms with E-state index in [0.717, 1.165) is 24.2 Å². The lowest BCUT2D eigenvalue weighted by Gasteiger charge is -2.50. The van der Waals surface area contributed by atoms with E-state index in [2.05, 4.69) is 15.6 Å². The van der Waals surface area contributed by atoms with Gasteiger partial charge in [0.2, 0.25) is 0 Å². The summed E-state index contributed by atoms with van der Waals surface area (Å²) in [5, 5.41) is 5.76. The summed E-state index contributed by atoms with van der Waals surface area (Å²) in [5.74, 6) is 1.29. The Bertz CT molecular complexity index is 1070. The number of anilines is 3.